The lowest BCUT2D eigenvalue weighted by Gasteiger charge is -2.48. The number of hydrogen-bond donors (Lipinski definition) is 8. The van der Waals surface area contributed by atoms with Gasteiger partial charge in [0.15, 0.2) is 11.7 Å². The van der Waals surface area contributed by atoms with Crippen molar-refractivity contribution in [3.05, 3.63) is 12.0 Å². The van der Waals surface area contributed by atoms with E-state index in [0.29, 0.717) is 25.8 Å². The zero-order valence-corrected chi connectivity index (χ0v) is 25.3. The van der Waals surface area contributed by atoms with Crippen LogP contribution in [0.25, 0.3) is 0 Å². The van der Waals surface area contributed by atoms with E-state index in [-0.39, 0.29) is 70.4 Å². The van der Waals surface area contributed by atoms with Crippen LogP contribution < -0.4 is 43.5 Å². The molecule has 16 heteroatoms. The number of allylic oxidation sites excluding steroid dienone is 1. The molecule has 1 saturated carbocycles. The van der Waals surface area contributed by atoms with Gasteiger partial charge in [0.1, 0.15) is 23.1 Å². The SMILES string of the molecule is NC(=O)C1C(NC2NCC(C3CSC4C(=O)C=C(N5CCOCC5)OC43)S2)NC(N[C@H]2CCCC[C@H]2N)N2NCNC12. The normalized spacial score (nSPS) is 44.4. The van der Waals surface area contributed by atoms with Crippen LogP contribution in [-0.2, 0) is 19.1 Å². The lowest BCUT2D eigenvalue weighted by molar-refractivity contribution is -0.132. The van der Waals surface area contributed by atoms with E-state index in [0.717, 1.165) is 51.1 Å². The average Bonchev–Trinajstić information content (AvgIpc) is 3.75. The van der Waals surface area contributed by atoms with E-state index in [2.05, 4.69) is 36.9 Å². The summed E-state index contributed by atoms with van der Waals surface area (Å²) in [5.41, 5.74) is 15.7. The van der Waals surface area contributed by atoms with E-state index in [1.165, 1.54) is 0 Å². The summed E-state index contributed by atoms with van der Waals surface area (Å²) < 4.78 is 12.0. The highest BCUT2D eigenvalue weighted by molar-refractivity contribution is 8.01. The van der Waals surface area contributed by atoms with Crippen LogP contribution in [0, 0.1) is 11.8 Å². The Morgan fingerprint density at radius 1 is 1.14 bits per heavy atom. The van der Waals surface area contributed by atoms with Gasteiger partial charge in [-0.15, -0.1) is 23.5 Å². The van der Waals surface area contributed by atoms with E-state index in [1.54, 1.807) is 17.8 Å². The molecule has 5 saturated heterocycles. The lowest BCUT2D eigenvalue weighted by Crippen LogP contribution is -2.77. The molecule has 7 aliphatic rings. The highest BCUT2D eigenvalue weighted by Crippen LogP contribution is 2.45. The number of fused-ring (bicyclic) bond motifs is 2. The molecule has 1 aliphatic carbocycles. The van der Waals surface area contributed by atoms with E-state index >= 15 is 0 Å². The molecule has 0 radical (unpaired) electrons. The summed E-state index contributed by atoms with van der Waals surface area (Å²) in [7, 11) is 0. The zero-order chi connectivity index (χ0) is 28.8. The van der Waals surface area contributed by atoms with Gasteiger partial charge in [-0.1, -0.05) is 12.8 Å². The summed E-state index contributed by atoms with van der Waals surface area (Å²) in [5, 5.41) is 20.2. The van der Waals surface area contributed by atoms with E-state index in [4.69, 9.17) is 20.9 Å². The molecule has 0 aromatic rings. The third-order valence-electron chi connectivity index (χ3n) is 9.65. The quantitative estimate of drug-likeness (QED) is 0.146. The van der Waals surface area contributed by atoms with Crippen LogP contribution in [0.15, 0.2) is 12.0 Å². The number of carbonyl (C=O) groups is 2. The maximum atomic E-state index is 13.1. The topological polar surface area (TPSA) is 183 Å². The number of ether oxygens (including phenoxy) is 2. The predicted molar refractivity (Wildman–Crippen MR) is 160 cm³/mol. The van der Waals surface area contributed by atoms with Gasteiger partial charge >= 0.3 is 0 Å². The first kappa shape index (κ1) is 29.5. The van der Waals surface area contributed by atoms with Crippen molar-refractivity contribution < 1.29 is 19.1 Å². The number of morpholine rings is 1. The first-order chi connectivity index (χ1) is 20.5. The number of primary amides is 1. The number of hydrogen-bond acceptors (Lipinski definition) is 15. The highest BCUT2D eigenvalue weighted by Gasteiger charge is 2.52. The monoisotopic (exact) mass is 624 g/mol. The van der Waals surface area contributed by atoms with Crippen molar-refractivity contribution in [1.82, 2.24) is 41.9 Å². The molecular weight excluding hydrogens is 580 g/mol. The number of nitrogens with two attached hydrogens (primary N) is 2. The molecule has 6 heterocycles. The Hall–Kier alpha value is -1.18. The minimum absolute atomic E-state index is 0.0922. The van der Waals surface area contributed by atoms with Crippen LogP contribution in [0.2, 0.25) is 0 Å². The van der Waals surface area contributed by atoms with E-state index < -0.39 is 5.92 Å². The number of rotatable bonds is 7. The summed E-state index contributed by atoms with van der Waals surface area (Å²) in [5.74, 6) is 1.07. The fourth-order valence-corrected chi connectivity index (χ4v) is 10.4. The molecule has 234 valence electrons. The molecule has 6 fully saturated rings. The van der Waals surface area contributed by atoms with Crippen molar-refractivity contribution in [2.45, 2.75) is 78.5 Å². The summed E-state index contributed by atoms with van der Waals surface area (Å²) in [6, 6.07) is 0.291. The molecule has 42 heavy (non-hydrogen) atoms. The van der Waals surface area contributed by atoms with Crippen molar-refractivity contribution in [2.24, 2.45) is 23.3 Å². The minimum Gasteiger partial charge on any atom is -0.474 e. The molecule has 0 aromatic carbocycles. The number of carbonyl (C=O) groups excluding carboxylic acids is 2. The molecule has 0 bridgehead atoms. The molecule has 6 aliphatic heterocycles. The summed E-state index contributed by atoms with van der Waals surface area (Å²) in [6.45, 7) is 4.10. The standard InChI is InChI=1S/C26H44N10O4S2/c27-14-3-1-2-4-15(14)32-25-33-23(19(22(28)38)24-30-12-31-36(24)25)34-26-29-10-17(42-26)13-11-41-21-16(37)9-18(40-20(13)21)35-5-7-39-8-6-35/h9,13-15,17,19-21,23-26,29-34H,1-8,10-12,27H2,(H2,28,38)/t13?,14-,15+,17?,19?,20?,21?,23?,24?,25?,26?/m1/s1. The highest BCUT2D eigenvalue weighted by atomic mass is 32.2. The van der Waals surface area contributed by atoms with Crippen molar-refractivity contribution in [2.75, 3.05) is 45.3 Å². The molecule has 1 amide bonds. The van der Waals surface area contributed by atoms with Gasteiger partial charge < -0.3 is 25.8 Å². The van der Waals surface area contributed by atoms with Gasteiger partial charge in [0.2, 0.25) is 5.91 Å². The van der Waals surface area contributed by atoms with Gasteiger partial charge in [-0.3, -0.25) is 36.2 Å². The van der Waals surface area contributed by atoms with Gasteiger partial charge in [-0.05, 0) is 12.8 Å². The largest absolute Gasteiger partial charge is 0.474 e. The van der Waals surface area contributed by atoms with Gasteiger partial charge in [0.05, 0.1) is 38.1 Å². The summed E-state index contributed by atoms with van der Waals surface area (Å²) in [4.78, 5) is 27.9. The third kappa shape index (κ3) is 5.80. The molecular formula is C26H44N10O4S2. The van der Waals surface area contributed by atoms with Crippen molar-refractivity contribution in [1.29, 1.82) is 0 Å². The van der Waals surface area contributed by atoms with E-state index in [9.17, 15) is 9.59 Å². The Kier molecular flexibility index (Phi) is 8.91. The van der Waals surface area contributed by atoms with Gasteiger partial charge in [0, 0.05) is 54.7 Å². The van der Waals surface area contributed by atoms with Gasteiger partial charge in [0.25, 0.3) is 0 Å². The van der Waals surface area contributed by atoms with Crippen LogP contribution >= 0.6 is 23.5 Å². The van der Waals surface area contributed by atoms with Gasteiger partial charge in [-0.25, -0.2) is 5.43 Å². The maximum absolute atomic E-state index is 13.1. The number of thioether (sulfide) groups is 2. The Morgan fingerprint density at radius 2 is 1.98 bits per heavy atom. The molecule has 11 atom stereocenters. The predicted octanol–water partition coefficient (Wildman–Crippen LogP) is -2.69. The fraction of sp³-hybridized carbons (Fsp3) is 0.846. The molecule has 10 N–H and O–H groups in total. The Bertz CT molecular complexity index is 1050. The zero-order valence-electron chi connectivity index (χ0n) is 23.7. The Balaban J connectivity index is 1.01. The van der Waals surface area contributed by atoms with E-state index in [1.807, 2.05) is 16.8 Å². The second kappa shape index (κ2) is 12.7. The van der Waals surface area contributed by atoms with Crippen LogP contribution in [-0.4, -0.2) is 120 Å². The molecule has 14 nitrogen and oxygen atoms in total. The minimum atomic E-state index is -0.508. The Morgan fingerprint density at radius 3 is 2.79 bits per heavy atom. The Labute approximate surface area is 254 Å². The van der Waals surface area contributed by atoms with Crippen molar-refractivity contribution >= 4 is 35.2 Å². The lowest BCUT2D eigenvalue weighted by atomic mass is 9.91. The average molecular weight is 625 g/mol. The summed E-state index contributed by atoms with van der Waals surface area (Å²) >= 11 is 3.52. The first-order valence-corrected chi connectivity index (χ1v) is 17.3. The molecule has 0 aromatic heterocycles. The number of amides is 1. The van der Waals surface area contributed by atoms with Crippen LogP contribution in [0.1, 0.15) is 25.7 Å². The van der Waals surface area contributed by atoms with Crippen LogP contribution in [0.4, 0.5) is 0 Å². The summed E-state index contributed by atoms with van der Waals surface area (Å²) in [6.07, 6.45) is 5.03. The smallest absolute Gasteiger partial charge is 0.226 e. The molecule has 7 rings (SSSR count). The molecule has 9 unspecified atom stereocenters. The van der Waals surface area contributed by atoms with Crippen LogP contribution in [0.5, 0.6) is 0 Å². The second-order valence-corrected chi connectivity index (χ2v) is 14.7. The third-order valence-corrected chi connectivity index (χ3v) is 12.5. The number of nitrogens with zero attached hydrogens (tertiary/aromatic N) is 2. The first-order valence-electron chi connectivity index (χ1n) is 15.3. The van der Waals surface area contributed by atoms with Crippen molar-refractivity contribution in [3.63, 3.8) is 0 Å². The maximum Gasteiger partial charge on any atom is 0.226 e. The van der Waals surface area contributed by atoms with Crippen LogP contribution in [0.3, 0.4) is 0 Å². The fourth-order valence-electron chi connectivity index (χ4n) is 7.37. The second-order valence-electron chi connectivity index (χ2n) is 12.2. The number of hydrazine groups is 1. The molecule has 0 spiro atoms. The van der Waals surface area contributed by atoms with Gasteiger partial charge in [-0.2, -0.15) is 5.01 Å². The van der Waals surface area contributed by atoms with Crippen molar-refractivity contribution in [3.8, 4) is 0 Å². The number of ketones is 1. The number of nitrogens with one attached hydrogen (secondary N) is 6.